The van der Waals surface area contributed by atoms with Crippen LogP contribution in [0, 0.1) is 0 Å². The number of nitrogen functional groups attached to an aromatic ring is 1. The summed E-state index contributed by atoms with van der Waals surface area (Å²) in [4.78, 5) is 0. The van der Waals surface area contributed by atoms with Gasteiger partial charge in [-0.25, -0.2) is 0 Å². The number of para-hydroxylation sites is 2. The molecule has 0 saturated carbocycles. The quantitative estimate of drug-likeness (QED) is 0.186. The predicted octanol–water partition coefficient (Wildman–Crippen LogP) is 12.0. The van der Waals surface area contributed by atoms with Crippen LogP contribution in [-0.4, -0.2) is 0 Å². The van der Waals surface area contributed by atoms with Crippen LogP contribution in [-0.2, 0) is 0 Å². The highest BCUT2D eigenvalue weighted by Crippen LogP contribution is 2.30. The first kappa shape index (κ1) is 29.5. The van der Waals surface area contributed by atoms with E-state index in [0.29, 0.717) is 0 Å². The van der Waals surface area contributed by atoms with Gasteiger partial charge in [0.25, 0.3) is 0 Å². The van der Waals surface area contributed by atoms with Crippen molar-refractivity contribution in [2.45, 2.75) is 0 Å². The van der Waals surface area contributed by atoms with Crippen LogP contribution in [0.15, 0.2) is 184 Å². The Labute approximate surface area is 270 Å². The Balaban J connectivity index is 0.000000131. The maximum atomic E-state index is 5.70. The first-order chi connectivity index (χ1) is 22.1. The van der Waals surface area contributed by atoms with Gasteiger partial charge in [0.1, 0.15) is 23.7 Å². The average molecular weight is 652 g/mol. The molecule has 0 spiro atoms. The molecule has 8 aromatic rings. The minimum absolute atomic E-state index is 0.807. The summed E-state index contributed by atoms with van der Waals surface area (Å²) in [6, 6.07) is 52.8. The number of nitrogens with one attached hydrogen (secondary N) is 1. The highest BCUT2D eigenvalue weighted by molar-refractivity contribution is 9.10. The molecule has 3 N–H and O–H groups in total. The molecule has 0 saturated heterocycles. The first-order valence-corrected chi connectivity index (χ1v) is 15.3. The maximum absolute atomic E-state index is 5.70. The molecular weight excluding hydrogens is 620 g/mol. The van der Waals surface area contributed by atoms with Gasteiger partial charge in [-0.2, -0.15) is 0 Å². The molecule has 220 valence electrons. The van der Waals surface area contributed by atoms with Gasteiger partial charge in [0, 0.05) is 22.1 Å². The SMILES string of the molecule is Brc1coc2ccccc12.Nc1cccc(-c2ccccc2)c1.c1ccc(-c2cccc(Nc3coc4ccccc34)c2)cc1. The van der Waals surface area contributed by atoms with Crippen molar-refractivity contribution in [3.8, 4) is 22.3 Å². The van der Waals surface area contributed by atoms with Crippen LogP contribution < -0.4 is 11.1 Å². The summed E-state index contributed by atoms with van der Waals surface area (Å²) >= 11 is 3.37. The first-order valence-electron chi connectivity index (χ1n) is 14.6. The van der Waals surface area contributed by atoms with Crippen LogP contribution in [0.3, 0.4) is 0 Å². The normalized spacial score (nSPS) is 10.4. The van der Waals surface area contributed by atoms with Crippen molar-refractivity contribution in [3.05, 3.63) is 175 Å². The Morgan fingerprint density at radius 3 is 1.62 bits per heavy atom. The van der Waals surface area contributed by atoms with E-state index >= 15 is 0 Å². The topological polar surface area (TPSA) is 64.3 Å². The van der Waals surface area contributed by atoms with E-state index in [0.717, 1.165) is 43.5 Å². The summed E-state index contributed by atoms with van der Waals surface area (Å²) in [6.07, 6.45) is 3.46. The van der Waals surface area contributed by atoms with Gasteiger partial charge in [-0.15, -0.1) is 0 Å². The molecule has 45 heavy (non-hydrogen) atoms. The van der Waals surface area contributed by atoms with Crippen molar-refractivity contribution in [2.75, 3.05) is 11.1 Å². The Morgan fingerprint density at radius 1 is 0.467 bits per heavy atom. The summed E-state index contributed by atoms with van der Waals surface area (Å²) in [5.41, 5.74) is 15.1. The lowest BCUT2D eigenvalue weighted by Gasteiger charge is -2.07. The number of nitrogens with two attached hydrogens (primary N) is 1. The molecule has 8 rings (SSSR count). The molecule has 0 bridgehead atoms. The van der Waals surface area contributed by atoms with Gasteiger partial charge >= 0.3 is 0 Å². The van der Waals surface area contributed by atoms with Crippen LogP contribution in [0.2, 0.25) is 0 Å². The monoisotopic (exact) mass is 650 g/mol. The lowest BCUT2D eigenvalue weighted by atomic mass is 10.1. The van der Waals surface area contributed by atoms with Crippen LogP contribution in [0.4, 0.5) is 17.1 Å². The third kappa shape index (κ3) is 7.53. The fourth-order valence-electron chi connectivity index (χ4n) is 4.93. The molecule has 4 nitrogen and oxygen atoms in total. The molecule has 0 unspecified atom stereocenters. The predicted molar refractivity (Wildman–Crippen MR) is 192 cm³/mol. The van der Waals surface area contributed by atoms with Crippen molar-refractivity contribution in [2.24, 2.45) is 0 Å². The van der Waals surface area contributed by atoms with Crippen molar-refractivity contribution < 1.29 is 8.83 Å². The number of rotatable bonds is 4. The second-order valence-corrected chi connectivity index (χ2v) is 11.1. The van der Waals surface area contributed by atoms with Gasteiger partial charge in [-0.3, -0.25) is 0 Å². The molecule has 0 fully saturated rings. The van der Waals surface area contributed by atoms with Crippen molar-refractivity contribution in [1.82, 2.24) is 0 Å². The van der Waals surface area contributed by atoms with E-state index in [-0.39, 0.29) is 0 Å². The number of benzene rings is 6. The molecule has 0 aliphatic carbocycles. The fraction of sp³-hybridized carbons (Fsp3) is 0. The molecule has 6 aromatic carbocycles. The van der Waals surface area contributed by atoms with Gasteiger partial charge in [0.15, 0.2) is 0 Å². The van der Waals surface area contributed by atoms with Gasteiger partial charge in [0.05, 0.1) is 10.2 Å². The zero-order valence-electron chi connectivity index (χ0n) is 24.4. The number of halogens is 1. The van der Waals surface area contributed by atoms with E-state index in [1.165, 1.54) is 22.3 Å². The summed E-state index contributed by atoms with van der Waals surface area (Å²) in [6.45, 7) is 0. The maximum Gasteiger partial charge on any atom is 0.136 e. The highest BCUT2D eigenvalue weighted by atomic mass is 79.9. The van der Waals surface area contributed by atoms with Crippen LogP contribution >= 0.6 is 15.9 Å². The summed E-state index contributed by atoms with van der Waals surface area (Å²) in [7, 11) is 0. The molecular formula is C40H31BrN2O2. The van der Waals surface area contributed by atoms with Gasteiger partial charge in [-0.05, 0) is 86.7 Å². The minimum atomic E-state index is 0.807. The lowest BCUT2D eigenvalue weighted by molar-refractivity contribution is 0.614. The second kappa shape index (κ2) is 14.3. The molecule has 2 heterocycles. The van der Waals surface area contributed by atoms with Crippen molar-refractivity contribution >= 4 is 54.9 Å². The molecule has 2 aromatic heterocycles. The van der Waals surface area contributed by atoms with Gasteiger partial charge < -0.3 is 19.9 Å². The summed E-state index contributed by atoms with van der Waals surface area (Å²) in [5, 5.41) is 5.66. The number of hydrogen-bond donors (Lipinski definition) is 2. The number of fused-ring (bicyclic) bond motifs is 2. The number of anilines is 3. The van der Waals surface area contributed by atoms with Gasteiger partial charge in [-0.1, -0.05) is 109 Å². The van der Waals surface area contributed by atoms with Crippen LogP contribution in [0.25, 0.3) is 44.2 Å². The van der Waals surface area contributed by atoms with Gasteiger partial charge in [0.2, 0.25) is 0 Å². The molecule has 0 amide bonds. The largest absolute Gasteiger partial charge is 0.463 e. The third-order valence-electron chi connectivity index (χ3n) is 7.16. The van der Waals surface area contributed by atoms with Crippen LogP contribution in [0.5, 0.6) is 0 Å². The highest BCUT2D eigenvalue weighted by Gasteiger charge is 2.06. The Hall–Kier alpha value is -5.52. The zero-order valence-corrected chi connectivity index (χ0v) is 26.0. The minimum Gasteiger partial charge on any atom is -0.463 e. The molecule has 0 atom stereocenters. The smallest absolute Gasteiger partial charge is 0.136 e. The van der Waals surface area contributed by atoms with Crippen molar-refractivity contribution in [1.29, 1.82) is 0 Å². The molecule has 0 radical (unpaired) electrons. The van der Waals surface area contributed by atoms with E-state index in [1.807, 2.05) is 84.9 Å². The fourth-order valence-corrected chi connectivity index (χ4v) is 5.35. The van der Waals surface area contributed by atoms with E-state index < -0.39 is 0 Å². The van der Waals surface area contributed by atoms with Crippen LogP contribution in [0.1, 0.15) is 0 Å². The second-order valence-electron chi connectivity index (χ2n) is 10.3. The average Bonchev–Trinajstić information content (AvgIpc) is 3.69. The van der Waals surface area contributed by atoms with E-state index in [2.05, 4.69) is 94.0 Å². The molecule has 0 aliphatic heterocycles. The summed E-state index contributed by atoms with van der Waals surface area (Å²) < 4.78 is 11.8. The number of hydrogen-bond acceptors (Lipinski definition) is 4. The lowest BCUT2D eigenvalue weighted by Crippen LogP contribution is -1.89. The van der Waals surface area contributed by atoms with E-state index in [4.69, 9.17) is 14.6 Å². The Bertz CT molecular complexity index is 2120. The van der Waals surface area contributed by atoms with Crippen molar-refractivity contribution in [3.63, 3.8) is 0 Å². The molecule has 0 aliphatic rings. The zero-order chi connectivity index (χ0) is 30.8. The molecule has 5 heteroatoms. The van der Waals surface area contributed by atoms with E-state index in [9.17, 15) is 0 Å². The Kier molecular flexibility index (Phi) is 9.39. The van der Waals surface area contributed by atoms with E-state index in [1.54, 1.807) is 12.5 Å². The Morgan fingerprint density at radius 2 is 0.978 bits per heavy atom. The summed E-state index contributed by atoms with van der Waals surface area (Å²) in [5.74, 6) is 0. The number of furan rings is 2. The third-order valence-corrected chi connectivity index (χ3v) is 7.77. The standard InChI is InChI=1S/C20H15NO.C12H11N.C8H5BrO/c1-2-7-15(8-3-1)16-9-6-10-17(13-16)21-19-14-22-20-12-5-4-11-18(19)20;13-12-8-4-7-11(9-12)10-5-2-1-3-6-10;9-7-5-10-8-4-2-1-3-6(7)8/h1-14,21H;1-9H,13H2;1-5H.